The van der Waals surface area contributed by atoms with Gasteiger partial charge in [-0.05, 0) is 22.4 Å². The lowest BCUT2D eigenvalue weighted by atomic mass is 10.1. The van der Waals surface area contributed by atoms with Crippen LogP contribution in [0.3, 0.4) is 0 Å². The molecule has 0 saturated carbocycles. The van der Waals surface area contributed by atoms with E-state index in [4.69, 9.17) is 4.74 Å². The van der Waals surface area contributed by atoms with Gasteiger partial charge in [0, 0.05) is 39.8 Å². The van der Waals surface area contributed by atoms with Gasteiger partial charge in [-0.1, -0.05) is 50.1 Å². The van der Waals surface area contributed by atoms with Crippen molar-refractivity contribution in [3.63, 3.8) is 0 Å². The van der Waals surface area contributed by atoms with E-state index in [1.165, 1.54) is 18.4 Å². The second kappa shape index (κ2) is 10.5. The molecule has 2 aromatic rings. The zero-order valence-electron chi connectivity index (χ0n) is 16.6. The molecule has 0 bridgehead atoms. The fraction of sp³-hybridized carbons (Fsp3) is 0.650. The van der Waals surface area contributed by atoms with E-state index in [1.54, 1.807) is 7.11 Å². The van der Waals surface area contributed by atoms with E-state index in [-0.39, 0.29) is 6.04 Å². The molecule has 148 valence electrons. The standard InChI is InChI=1S/C20H32N6O/c1-3-4-10-19(20-21-22-23-26(20)15-16-27-2)25-13-11-24(12-14-25)17-18-8-6-5-7-9-18/h5-9,19H,3-4,10-17H2,1-2H3/t19-/m0/s1. The van der Waals surface area contributed by atoms with Crippen LogP contribution in [0.5, 0.6) is 0 Å². The van der Waals surface area contributed by atoms with E-state index in [0.29, 0.717) is 13.2 Å². The number of ether oxygens (including phenoxy) is 1. The molecular weight excluding hydrogens is 340 g/mol. The average molecular weight is 373 g/mol. The molecule has 0 unspecified atom stereocenters. The first-order valence-electron chi connectivity index (χ1n) is 10.1. The van der Waals surface area contributed by atoms with Gasteiger partial charge in [0.25, 0.3) is 0 Å². The van der Waals surface area contributed by atoms with E-state index in [9.17, 15) is 0 Å². The van der Waals surface area contributed by atoms with Gasteiger partial charge < -0.3 is 4.74 Å². The Morgan fingerprint density at radius 2 is 1.89 bits per heavy atom. The van der Waals surface area contributed by atoms with Crippen LogP contribution >= 0.6 is 0 Å². The van der Waals surface area contributed by atoms with Crippen LogP contribution in [0.25, 0.3) is 0 Å². The lowest BCUT2D eigenvalue weighted by Gasteiger charge is -2.38. The lowest BCUT2D eigenvalue weighted by molar-refractivity contribution is 0.0801. The Morgan fingerprint density at radius 1 is 1.11 bits per heavy atom. The highest BCUT2D eigenvalue weighted by molar-refractivity contribution is 5.14. The number of tetrazole rings is 1. The number of piperazine rings is 1. The van der Waals surface area contributed by atoms with E-state index in [2.05, 4.69) is 62.6 Å². The fourth-order valence-electron chi connectivity index (χ4n) is 3.73. The molecule has 7 nitrogen and oxygen atoms in total. The minimum atomic E-state index is 0.288. The third-order valence-electron chi connectivity index (χ3n) is 5.29. The van der Waals surface area contributed by atoms with Gasteiger partial charge in [0.15, 0.2) is 5.82 Å². The van der Waals surface area contributed by atoms with Crippen molar-refractivity contribution >= 4 is 0 Å². The van der Waals surface area contributed by atoms with Crippen LogP contribution in [0.15, 0.2) is 30.3 Å². The Morgan fingerprint density at radius 3 is 2.59 bits per heavy atom. The summed E-state index contributed by atoms with van der Waals surface area (Å²) in [4.78, 5) is 5.10. The van der Waals surface area contributed by atoms with Crippen LogP contribution in [0.2, 0.25) is 0 Å². The van der Waals surface area contributed by atoms with Crippen LogP contribution in [-0.4, -0.2) is 69.9 Å². The van der Waals surface area contributed by atoms with Crippen molar-refractivity contribution in [1.82, 2.24) is 30.0 Å². The van der Waals surface area contributed by atoms with E-state index in [1.807, 2.05) is 4.68 Å². The van der Waals surface area contributed by atoms with E-state index >= 15 is 0 Å². The Hall–Kier alpha value is -1.83. The molecule has 3 rings (SSSR count). The predicted molar refractivity (Wildman–Crippen MR) is 105 cm³/mol. The maximum atomic E-state index is 5.21. The highest BCUT2D eigenvalue weighted by Crippen LogP contribution is 2.26. The SMILES string of the molecule is CCCC[C@@H](c1nnnn1CCOC)N1CCN(Cc2ccccc2)CC1. The van der Waals surface area contributed by atoms with Crippen molar-refractivity contribution < 1.29 is 4.74 Å². The number of methoxy groups -OCH3 is 1. The summed E-state index contributed by atoms with van der Waals surface area (Å²) < 4.78 is 7.13. The van der Waals surface area contributed by atoms with Gasteiger partial charge in [0.1, 0.15) is 0 Å². The van der Waals surface area contributed by atoms with Crippen LogP contribution in [0.1, 0.15) is 43.6 Å². The normalized spacial score (nSPS) is 17.3. The van der Waals surface area contributed by atoms with Crippen molar-refractivity contribution in [1.29, 1.82) is 0 Å². The first-order chi connectivity index (χ1) is 13.3. The van der Waals surface area contributed by atoms with Gasteiger partial charge >= 0.3 is 0 Å². The van der Waals surface area contributed by atoms with E-state index in [0.717, 1.165) is 45.0 Å². The summed E-state index contributed by atoms with van der Waals surface area (Å²) in [6.07, 6.45) is 3.47. The molecule has 1 atom stereocenters. The Bertz CT molecular complexity index is 654. The zero-order valence-corrected chi connectivity index (χ0v) is 16.6. The molecule has 0 aliphatic carbocycles. The molecule has 0 radical (unpaired) electrons. The van der Waals surface area contributed by atoms with Crippen molar-refractivity contribution in [3.8, 4) is 0 Å². The minimum Gasteiger partial charge on any atom is -0.383 e. The van der Waals surface area contributed by atoms with Crippen LogP contribution < -0.4 is 0 Å². The Kier molecular flexibility index (Phi) is 7.74. The topological polar surface area (TPSA) is 59.3 Å². The molecule has 2 heterocycles. The molecule has 1 aliphatic rings. The van der Waals surface area contributed by atoms with Gasteiger partial charge in [0.05, 0.1) is 19.2 Å². The van der Waals surface area contributed by atoms with Crippen molar-refractivity contribution in [2.45, 2.75) is 45.3 Å². The summed E-state index contributed by atoms with van der Waals surface area (Å²) in [7, 11) is 1.71. The lowest BCUT2D eigenvalue weighted by Crippen LogP contribution is -2.47. The minimum absolute atomic E-state index is 0.288. The average Bonchev–Trinajstić information content (AvgIpc) is 3.17. The molecule has 0 N–H and O–H groups in total. The molecule has 0 spiro atoms. The number of unbranched alkanes of at least 4 members (excludes halogenated alkanes) is 1. The molecule has 1 fully saturated rings. The largest absolute Gasteiger partial charge is 0.383 e. The maximum absolute atomic E-state index is 5.21. The summed E-state index contributed by atoms with van der Waals surface area (Å²) in [6.45, 7) is 8.87. The highest BCUT2D eigenvalue weighted by Gasteiger charge is 2.28. The summed E-state index contributed by atoms with van der Waals surface area (Å²) in [5.41, 5.74) is 1.39. The fourth-order valence-corrected chi connectivity index (χ4v) is 3.73. The third kappa shape index (κ3) is 5.57. The molecule has 7 heteroatoms. The van der Waals surface area contributed by atoms with Gasteiger partial charge in [-0.15, -0.1) is 5.10 Å². The number of aromatic nitrogens is 4. The van der Waals surface area contributed by atoms with Crippen LogP contribution in [0, 0.1) is 0 Å². The van der Waals surface area contributed by atoms with Crippen LogP contribution in [-0.2, 0) is 17.8 Å². The van der Waals surface area contributed by atoms with Crippen LogP contribution in [0.4, 0.5) is 0 Å². The molecule has 27 heavy (non-hydrogen) atoms. The molecular formula is C20H32N6O. The molecule has 1 aromatic heterocycles. The second-order valence-electron chi connectivity index (χ2n) is 7.21. The molecule has 1 aromatic carbocycles. The Balaban J connectivity index is 1.62. The van der Waals surface area contributed by atoms with Gasteiger partial charge in [-0.3, -0.25) is 9.80 Å². The maximum Gasteiger partial charge on any atom is 0.168 e. The Labute approximate surface area is 162 Å². The van der Waals surface area contributed by atoms with Gasteiger partial charge in [0.2, 0.25) is 0 Å². The smallest absolute Gasteiger partial charge is 0.168 e. The van der Waals surface area contributed by atoms with Crippen molar-refractivity contribution in [2.75, 3.05) is 39.9 Å². The number of benzene rings is 1. The molecule has 0 amide bonds. The first-order valence-corrected chi connectivity index (χ1v) is 10.1. The number of hydrogen-bond acceptors (Lipinski definition) is 6. The number of hydrogen-bond donors (Lipinski definition) is 0. The molecule has 1 saturated heterocycles. The summed E-state index contributed by atoms with van der Waals surface area (Å²) >= 11 is 0. The second-order valence-corrected chi connectivity index (χ2v) is 7.21. The molecule has 1 aliphatic heterocycles. The quantitative estimate of drug-likeness (QED) is 0.638. The van der Waals surface area contributed by atoms with Gasteiger partial charge in [-0.25, -0.2) is 4.68 Å². The summed E-state index contributed by atoms with van der Waals surface area (Å²) in [5.74, 6) is 0.983. The monoisotopic (exact) mass is 372 g/mol. The third-order valence-corrected chi connectivity index (χ3v) is 5.29. The number of rotatable bonds is 10. The first kappa shape index (κ1) is 19.9. The van der Waals surface area contributed by atoms with Gasteiger partial charge in [-0.2, -0.15) is 0 Å². The predicted octanol–water partition coefficient (Wildman–Crippen LogP) is 2.37. The summed E-state index contributed by atoms with van der Waals surface area (Å²) in [6, 6.07) is 11.0. The van der Waals surface area contributed by atoms with Crippen molar-refractivity contribution in [3.05, 3.63) is 41.7 Å². The summed E-state index contributed by atoms with van der Waals surface area (Å²) in [5, 5.41) is 12.5. The zero-order chi connectivity index (χ0) is 18.9. The van der Waals surface area contributed by atoms with Crippen molar-refractivity contribution in [2.24, 2.45) is 0 Å². The number of nitrogens with zero attached hydrogens (tertiary/aromatic N) is 6. The highest BCUT2D eigenvalue weighted by atomic mass is 16.5. The van der Waals surface area contributed by atoms with E-state index < -0.39 is 0 Å².